The molecule has 0 spiro atoms. The number of fused-ring (bicyclic) bond motifs is 1. The van der Waals surface area contributed by atoms with Gasteiger partial charge >= 0.3 is 6.61 Å². The van der Waals surface area contributed by atoms with E-state index in [4.69, 9.17) is 14.2 Å². The lowest BCUT2D eigenvalue weighted by Gasteiger charge is -2.30. The number of hydrogen-bond donors (Lipinski definition) is 0. The van der Waals surface area contributed by atoms with E-state index in [-0.39, 0.29) is 22.8 Å². The Bertz CT molecular complexity index is 1230. The summed E-state index contributed by atoms with van der Waals surface area (Å²) in [5.74, 6) is 0.746. The Labute approximate surface area is 216 Å². The number of rotatable bonds is 13. The van der Waals surface area contributed by atoms with E-state index in [2.05, 4.69) is 37.6 Å². The number of Topliss-reactive ketones (excluding diaryl/α,β-unsaturated/α-hetero) is 1. The third-order valence-electron chi connectivity index (χ3n) is 6.68. The summed E-state index contributed by atoms with van der Waals surface area (Å²) in [4.78, 5) is 19.7. The molecule has 9 heteroatoms. The fourth-order valence-electron chi connectivity index (χ4n) is 4.70. The van der Waals surface area contributed by atoms with Crippen molar-refractivity contribution in [1.29, 1.82) is 0 Å². The number of halogens is 2. The van der Waals surface area contributed by atoms with E-state index in [0.29, 0.717) is 53.7 Å². The molecule has 0 unspecified atom stereocenters. The lowest BCUT2D eigenvalue weighted by molar-refractivity contribution is -0.0502. The second-order valence-electron chi connectivity index (χ2n) is 10.0. The third kappa shape index (κ3) is 6.39. The molecule has 1 aromatic carbocycles. The number of ether oxygens (including phenoxy) is 3. The molecule has 0 saturated heterocycles. The molecule has 1 saturated carbocycles. The van der Waals surface area contributed by atoms with Gasteiger partial charge in [0.2, 0.25) is 0 Å². The van der Waals surface area contributed by atoms with E-state index in [0.717, 1.165) is 19.4 Å². The van der Waals surface area contributed by atoms with Crippen LogP contribution in [0.5, 0.6) is 17.2 Å². The quantitative estimate of drug-likeness (QED) is 0.257. The summed E-state index contributed by atoms with van der Waals surface area (Å²) in [5.41, 5.74) is 1.88. The zero-order valence-electron chi connectivity index (χ0n) is 22.0. The average molecular weight is 516 g/mol. The number of carbonyl (C=O) groups is 1. The van der Waals surface area contributed by atoms with Gasteiger partial charge in [-0.15, -0.1) is 0 Å². The summed E-state index contributed by atoms with van der Waals surface area (Å²) in [6, 6.07) is 7.64. The summed E-state index contributed by atoms with van der Waals surface area (Å²) < 4.78 is 44.6. The number of ketones is 1. The highest BCUT2D eigenvalue weighted by molar-refractivity contribution is 6.02. The van der Waals surface area contributed by atoms with Gasteiger partial charge in [-0.05, 0) is 64.7 Å². The summed E-state index contributed by atoms with van der Waals surface area (Å²) in [5, 5.41) is 0. The maximum absolute atomic E-state index is 13.3. The highest BCUT2D eigenvalue weighted by Crippen LogP contribution is 2.40. The number of pyridine rings is 1. The fraction of sp³-hybridized carbons (Fsp3) is 0.500. The Hall–Kier alpha value is -3.20. The van der Waals surface area contributed by atoms with Gasteiger partial charge in [0.1, 0.15) is 35.1 Å². The molecule has 0 bridgehead atoms. The van der Waals surface area contributed by atoms with Crippen molar-refractivity contribution >= 4 is 11.4 Å². The first-order valence-corrected chi connectivity index (χ1v) is 12.7. The Morgan fingerprint density at radius 3 is 2.46 bits per heavy atom. The van der Waals surface area contributed by atoms with E-state index in [1.165, 1.54) is 13.2 Å². The molecular weight excluding hydrogens is 480 g/mol. The molecule has 1 aliphatic rings. The molecule has 4 rings (SSSR count). The highest BCUT2D eigenvalue weighted by atomic mass is 19.3. The normalized spacial score (nSPS) is 13.8. The zero-order chi connectivity index (χ0) is 26.7. The third-order valence-corrected chi connectivity index (χ3v) is 6.68. The van der Waals surface area contributed by atoms with Gasteiger partial charge in [0.05, 0.1) is 19.0 Å². The van der Waals surface area contributed by atoms with Crippen molar-refractivity contribution < 1.29 is 27.8 Å². The van der Waals surface area contributed by atoms with Crippen molar-refractivity contribution in [2.75, 3.05) is 20.3 Å². The molecule has 0 aliphatic heterocycles. The average Bonchev–Trinajstić information content (AvgIpc) is 3.55. The number of benzene rings is 1. The Kier molecular flexibility index (Phi) is 8.32. The molecule has 200 valence electrons. The molecule has 0 N–H and O–H groups in total. The fourth-order valence-corrected chi connectivity index (χ4v) is 4.70. The van der Waals surface area contributed by atoms with E-state index in [9.17, 15) is 13.6 Å². The van der Waals surface area contributed by atoms with Crippen LogP contribution < -0.4 is 14.2 Å². The van der Waals surface area contributed by atoms with E-state index < -0.39 is 6.61 Å². The number of imidazole rings is 1. The van der Waals surface area contributed by atoms with Crippen molar-refractivity contribution in [3.63, 3.8) is 0 Å². The lowest BCUT2D eigenvalue weighted by atomic mass is 10.00. The standard InChI is InChI=1S/C28H35F2N3O4/c1-17(2)32(18(3)4)10-11-36-21-8-9-33-22(16-31-26(33)15-21)20-13-24(35-5)27(23(34)12-19-6-7-19)25(14-20)37-28(29)30/h8-9,13-19,28H,6-7,10-12H2,1-5H3. The zero-order valence-corrected chi connectivity index (χ0v) is 22.0. The van der Waals surface area contributed by atoms with Crippen LogP contribution in [0.3, 0.4) is 0 Å². The summed E-state index contributed by atoms with van der Waals surface area (Å²) >= 11 is 0. The van der Waals surface area contributed by atoms with Crippen LogP contribution in [0.1, 0.15) is 57.3 Å². The number of aromatic nitrogens is 2. The van der Waals surface area contributed by atoms with Crippen LogP contribution in [0.4, 0.5) is 8.78 Å². The predicted octanol–water partition coefficient (Wildman–Crippen LogP) is 6.09. The van der Waals surface area contributed by atoms with Gasteiger partial charge < -0.3 is 14.2 Å². The number of hydrogen-bond acceptors (Lipinski definition) is 6. The van der Waals surface area contributed by atoms with Gasteiger partial charge in [-0.3, -0.25) is 14.1 Å². The first-order valence-electron chi connectivity index (χ1n) is 12.7. The number of carbonyl (C=O) groups excluding carboxylic acids is 1. The smallest absolute Gasteiger partial charge is 0.387 e. The Morgan fingerprint density at radius 2 is 1.84 bits per heavy atom. The van der Waals surface area contributed by atoms with Crippen molar-refractivity contribution in [2.24, 2.45) is 5.92 Å². The first kappa shape index (κ1) is 26.9. The Balaban J connectivity index is 1.60. The summed E-state index contributed by atoms with van der Waals surface area (Å²) in [7, 11) is 1.41. The molecular formula is C28H35F2N3O4. The maximum Gasteiger partial charge on any atom is 0.387 e. The molecule has 2 heterocycles. The van der Waals surface area contributed by atoms with E-state index >= 15 is 0 Å². The van der Waals surface area contributed by atoms with Crippen LogP contribution in [0.25, 0.3) is 16.9 Å². The van der Waals surface area contributed by atoms with Crippen LogP contribution >= 0.6 is 0 Å². The van der Waals surface area contributed by atoms with E-state index in [1.54, 1.807) is 12.3 Å². The largest absolute Gasteiger partial charge is 0.496 e. The highest BCUT2D eigenvalue weighted by Gasteiger charge is 2.29. The first-order chi connectivity index (χ1) is 17.7. The van der Waals surface area contributed by atoms with Crippen LogP contribution in [0.2, 0.25) is 0 Å². The van der Waals surface area contributed by atoms with Crippen LogP contribution in [0, 0.1) is 5.92 Å². The van der Waals surface area contributed by atoms with Crippen LogP contribution in [-0.2, 0) is 0 Å². The van der Waals surface area contributed by atoms with Gasteiger partial charge in [-0.2, -0.15) is 8.78 Å². The van der Waals surface area contributed by atoms with Crippen molar-refractivity contribution in [3.8, 4) is 28.5 Å². The molecule has 3 aromatic rings. The minimum Gasteiger partial charge on any atom is -0.496 e. The minimum atomic E-state index is -3.07. The number of alkyl halides is 2. The number of methoxy groups -OCH3 is 1. The predicted molar refractivity (Wildman–Crippen MR) is 138 cm³/mol. The van der Waals surface area contributed by atoms with Crippen molar-refractivity contribution in [1.82, 2.24) is 14.3 Å². The minimum absolute atomic E-state index is 0.0554. The maximum atomic E-state index is 13.3. The number of nitrogens with zero attached hydrogens (tertiary/aromatic N) is 3. The lowest BCUT2D eigenvalue weighted by Crippen LogP contribution is -2.39. The molecule has 1 aliphatic carbocycles. The molecule has 0 amide bonds. The topological polar surface area (TPSA) is 65.3 Å². The summed E-state index contributed by atoms with van der Waals surface area (Å²) in [6.45, 7) is 6.94. The van der Waals surface area contributed by atoms with Gasteiger partial charge in [0.25, 0.3) is 0 Å². The molecule has 37 heavy (non-hydrogen) atoms. The molecule has 0 radical (unpaired) electrons. The Morgan fingerprint density at radius 1 is 1.14 bits per heavy atom. The molecule has 7 nitrogen and oxygen atoms in total. The van der Waals surface area contributed by atoms with Gasteiger partial charge in [0, 0.05) is 42.9 Å². The summed E-state index contributed by atoms with van der Waals surface area (Å²) in [6.07, 6.45) is 5.70. The molecule has 0 atom stereocenters. The van der Waals surface area contributed by atoms with Gasteiger partial charge in [-0.25, -0.2) is 4.98 Å². The van der Waals surface area contributed by atoms with Crippen molar-refractivity contribution in [2.45, 2.75) is 65.7 Å². The van der Waals surface area contributed by atoms with E-state index in [1.807, 2.05) is 22.7 Å². The second-order valence-corrected chi connectivity index (χ2v) is 10.0. The molecule has 1 fully saturated rings. The van der Waals surface area contributed by atoms with Gasteiger partial charge in [0.15, 0.2) is 5.78 Å². The van der Waals surface area contributed by atoms with Crippen LogP contribution in [-0.4, -0.2) is 59.0 Å². The van der Waals surface area contributed by atoms with Gasteiger partial charge in [-0.1, -0.05) is 0 Å². The van der Waals surface area contributed by atoms with Crippen LogP contribution in [0.15, 0.2) is 36.7 Å². The SMILES string of the molecule is COc1cc(-c2cnc3cc(OCCN(C(C)C)C(C)C)ccn23)cc(OC(F)F)c1C(=O)CC1CC1. The monoisotopic (exact) mass is 515 g/mol. The van der Waals surface area contributed by atoms with Crippen molar-refractivity contribution in [3.05, 3.63) is 42.2 Å². The molecule has 2 aromatic heterocycles. The second kappa shape index (κ2) is 11.5.